The Hall–Kier alpha value is -0.760. The van der Waals surface area contributed by atoms with Crippen molar-refractivity contribution in [3.8, 4) is 0 Å². The number of halogens is 3. The van der Waals surface area contributed by atoms with Gasteiger partial charge in [0.1, 0.15) is 11.6 Å². The molecule has 0 aliphatic rings. The van der Waals surface area contributed by atoms with Gasteiger partial charge in [0.05, 0.1) is 12.2 Å². The van der Waals surface area contributed by atoms with E-state index >= 15 is 0 Å². The molecule has 1 rings (SSSR count). The van der Waals surface area contributed by atoms with E-state index < -0.39 is 23.6 Å². The monoisotopic (exact) mass is 341 g/mol. The topological polar surface area (TPSA) is 49.3 Å². The summed E-state index contributed by atoms with van der Waals surface area (Å²) in [5.74, 6) is -2.29. The number of hydrogen-bond donors (Lipinski definition) is 2. The Balaban J connectivity index is 2.96. The van der Waals surface area contributed by atoms with Gasteiger partial charge >= 0.3 is 0 Å². The van der Waals surface area contributed by atoms with E-state index in [1.54, 1.807) is 29.5 Å². The van der Waals surface area contributed by atoms with E-state index in [1.807, 2.05) is 0 Å². The molecule has 0 aliphatic heterocycles. The van der Waals surface area contributed by atoms with Crippen molar-refractivity contribution >= 4 is 28.5 Å². The van der Waals surface area contributed by atoms with Crippen LogP contribution in [0.25, 0.3) is 0 Å². The maximum atomic E-state index is 13.3. The minimum atomic E-state index is -0.916. The second-order valence-electron chi connectivity index (χ2n) is 3.30. The number of carbonyl (C=O) groups is 1. The van der Waals surface area contributed by atoms with Crippen LogP contribution in [0.1, 0.15) is 17.3 Å². The van der Waals surface area contributed by atoms with Crippen LogP contribution >= 0.6 is 22.6 Å². The largest absolute Gasteiger partial charge is 0.394 e. The van der Waals surface area contributed by atoms with Crippen molar-refractivity contribution in [3.05, 3.63) is 32.9 Å². The van der Waals surface area contributed by atoms with E-state index in [9.17, 15) is 13.6 Å². The number of aliphatic hydroxyl groups excluding tert-OH is 1. The van der Waals surface area contributed by atoms with Crippen LogP contribution in [-0.4, -0.2) is 23.7 Å². The van der Waals surface area contributed by atoms with Crippen molar-refractivity contribution in [3.63, 3.8) is 0 Å². The summed E-state index contributed by atoms with van der Waals surface area (Å²) in [5, 5.41) is 11.1. The van der Waals surface area contributed by atoms with E-state index in [4.69, 9.17) is 5.11 Å². The predicted octanol–water partition coefficient (Wildman–Crippen LogP) is 1.68. The first-order chi connectivity index (χ1) is 7.45. The highest BCUT2D eigenvalue weighted by Crippen LogP contribution is 2.16. The van der Waals surface area contributed by atoms with Gasteiger partial charge in [-0.15, -0.1) is 0 Å². The van der Waals surface area contributed by atoms with Gasteiger partial charge in [-0.25, -0.2) is 8.78 Å². The van der Waals surface area contributed by atoms with Gasteiger partial charge in [0.25, 0.3) is 5.91 Å². The van der Waals surface area contributed by atoms with Crippen LogP contribution in [0, 0.1) is 15.2 Å². The normalized spacial score (nSPS) is 12.3. The van der Waals surface area contributed by atoms with Crippen LogP contribution in [-0.2, 0) is 0 Å². The lowest BCUT2D eigenvalue weighted by Gasteiger charge is -2.11. The third kappa shape index (κ3) is 3.11. The summed E-state index contributed by atoms with van der Waals surface area (Å²) >= 11 is 1.67. The Bertz CT molecular complexity index is 412. The highest BCUT2D eigenvalue weighted by molar-refractivity contribution is 14.1. The zero-order valence-electron chi connectivity index (χ0n) is 8.43. The first-order valence-electron chi connectivity index (χ1n) is 4.52. The van der Waals surface area contributed by atoms with Crippen LogP contribution in [0.4, 0.5) is 8.78 Å². The van der Waals surface area contributed by atoms with Gasteiger partial charge < -0.3 is 10.4 Å². The minimum Gasteiger partial charge on any atom is -0.394 e. The van der Waals surface area contributed by atoms with Gasteiger partial charge in [-0.1, -0.05) is 0 Å². The molecule has 0 saturated carbocycles. The molecule has 1 aromatic rings. The van der Waals surface area contributed by atoms with Gasteiger partial charge in [0, 0.05) is 15.7 Å². The molecule has 16 heavy (non-hydrogen) atoms. The molecule has 88 valence electrons. The van der Waals surface area contributed by atoms with Crippen LogP contribution in [0.2, 0.25) is 0 Å². The molecule has 1 aromatic carbocycles. The van der Waals surface area contributed by atoms with Gasteiger partial charge in [0.15, 0.2) is 0 Å². The Morgan fingerprint density at radius 1 is 1.50 bits per heavy atom. The average molecular weight is 341 g/mol. The Labute approximate surface area is 105 Å². The number of benzene rings is 1. The molecule has 2 N–H and O–H groups in total. The van der Waals surface area contributed by atoms with Crippen molar-refractivity contribution in [1.29, 1.82) is 0 Å². The Kier molecular flexibility index (Phi) is 4.60. The molecule has 0 aliphatic carbocycles. The molecule has 1 amide bonds. The van der Waals surface area contributed by atoms with E-state index in [0.29, 0.717) is 6.07 Å². The number of rotatable bonds is 3. The van der Waals surface area contributed by atoms with Crippen LogP contribution in [0.3, 0.4) is 0 Å². The van der Waals surface area contributed by atoms with Gasteiger partial charge in [0.2, 0.25) is 0 Å². The standard InChI is InChI=1S/C10H10F2INO2/c1-5(4-15)14-10(16)6-2-9(13)8(12)3-7(6)11/h2-3,5,15H,4H2,1H3,(H,14,16). The van der Waals surface area contributed by atoms with E-state index in [0.717, 1.165) is 6.07 Å². The molecule has 0 fully saturated rings. The van der Waals surface area contributed by atoms with E-state index in [1.165, 1.54) is 0 Å². The highest BCUT2D eigenvalue weighted by atomic mass is 127. The molecule has 1 unspecified atom stereocenters. The summed E-state index contributed by atoms with van der Waals surface area (Å²) in [6, 6.07) is 1.32. The van der Waals surface area contributed by atoms with Crippen molar-refractivity contribution in [2.75, 3.05) is 6.61 Å². The number of hydrogen-bond acceptors (Lipinski definition) is 2. The van der Waals surface area contributed by atoms with Gasteiger partial charge in [-0.05, 0) is 35.6 Å². The summed E-state index contributed by atoms with van der Waals surface area (Å²) in [7, 11) is 0. The molecule has 3 nitrogen and oxygen atoms in total. The summed E-state index contributed by atoms with van der Waals surface area (Å²) < 4.78 is 26.4. The first-order valence-corrected chi connectivity index (χ1v) is 5.60. The van der Waals surface area contributed by atoms with Crippen LogP contribution < -0.4 is 5.32 Å². The fourth-order valence-electron chi connectivity index (χ4n) is 1.04. The molecular formula is C10H10F2INO2. The molecule has 0 spiro atoms. The average Bonchev–Trinajstić information content (AvgIpc) is 2.23. The molecule has 1 atom stereocenters. The lowest BCUT2D eigenvalue weighted by Crippen LogP contribution is -2.35. The summed E-state index contributed by atoms with van der Waals surface area (Å²) in [6.45, 7) is 1.33. The third-order valence-electron chi connectivity index (χ3n) is 1.91. The maximum absolute atomic E-state index is 13.3. The number of aliphatic hydroxyl groups is 1. The quantitative estimate of drug-likeness (QED) is 0.649. The Morgan fingerprint density at radius 2 is 2.12 bits per heavy atom. The second kappa shape index (κ2) is 5.53. The highest BCUT2D eigenvalue weighted by Gasteiger charge is 2.16. The van der Waals surface area contributed by atoms with Crippen LogP contribution in [0.5, 0.6) is 0 Å². The van der Waals surface area contributed by atoms with Crippen molar-refractivity contribution < 1.29 is 18.7 Å². The lowest BCUT2D eigenvalue weighted by atomic mass is 10.2. The van der Waals surface area contributed by atoms with E-state index in [2.05, 4.69) is 5.32 Å². The summed E-state index contributed by atoms with van der Waals surface area (Å²) in [5.41, 5.74) is -0.230. The number of amides is 1. The number of nitrogens with one attached hydrogen (secondary N) is 1. The van der Waals surface area contributed by atoms with Crippen molar-refractivity contribution in [2.24, 2.45) is 0 Å². The fraction of sp³-hybridized carbons (Fsp3) is 0.300. The third-order valence-corrected chi connectivity index (χ3v) is 2.73. The summed E-state index contributed by atoms with van der Waals surface area (Å²) in [4.78, 5) is 11.5. The zero-order chi connectivity index (χ0) is 12.3. The SMILES string of the molecule is CC(CO)NC(=O)c1cc(I)c(F)cc1F. The first kappa shape index (κ1) is 13.3. The van der Waals surface area contributed by atoms with E-state index in [-0.39, 0.29) is 15.7 Å². The van der Waals surface area contributed by atoms with Crippen molar-refractivity contribution in [2.45, 2.75) is 13.0 Å². The molecular weight excluding hydrogens is 331 g/mol. The maximum Gasteiger partial charge on any atom is 0.254 e. The molecule has 0 heterocycles. The van der Waals surface area contributed by atoms with Gasteiger partial charge in [-0.3, -0.25) is 4.79 Å². The molecule has 0 aromatic heterocycles. The second-order valence-corrected chi connectivity index (χ2v) is 4.47. The fourth-order valence-corrected chi connectivity index (χ4v) is 1.51. The lowest BCUT2D eigenvalue weighted by molar-refractivity contribution is 0.0918. The van der Waals surface area contributed by atoms with Gasteiger partial charge in [-0.2, -0.15) is 0 Å². The van der Waals surface area contributed by atoms with Crippen molar-refractivity contribution in [1.82, 2.24) is 5.32 Å². The summed E-state index contributed by atoms with van der Waals surface area (Å²) in [6.07, 6.45) is 0. The minimum absolute atomic E-state index is 0.167. The number of carbonyl (C=O) groups excluding carboxylic acids is 1. The molecule has 0 saturated heterocycles. The zero-order valence-corrected chi connectivity index (χ0v) is 10.6. The Morgan fingerprint density at radius 3 is 2.69 bits per heavy atom. The van der Waals surface area contributed by atoms with Crippen LogP contribution in [0.15, 0.2) is 12.1 Å². The molecule has 0 radical (unpaired) electrons. The predicted molar refractivity (Wildman–Crippen MR) is 63.1 cm³/mol. The molecule has 0 bridgehead atoms. The molecule has 6 heteroatoms. The smallest absolute Gasteiger partial charge is 0.254 e.